The Labute approximate surface area is 106 Å². The summed E-state index contributed by atoms with van der Waals surface area (Å²) in [7, 11) is 0. The van der Waals surface area contributed by atoms with Crippen molar-refractivity contribution in [2.24, 2.45) is 0 Å². The van der Waals surface area contributed by atoms with Gasteiger partial charge in [-0.25, -0.2) is 0 Å². The van der Waals surface area contributed by atoms with Crippen molar-refractivity contribution in [3.05, 3.63) is 41.0 Å². The van der Waals surface area contributed by atoms with E-state index in [-0.39, 0.29) is 5.12 Å². The lowest BCUT2D eigenvalue weighted by Gasteiger charge is -2.00. The molecule has 1 aromatic rings. The molecule has 0 aliphatic carbocycles. The van der Waals surface area contributed by atoms with Crippen LogP contribution in [0.1, 0.15) is 34.8 Å². The number of aldehydes is 1. The highest BCUT2D eigenvalue weighted by atomic mass is 32.2. The molecule has 0 amide bonds. The van der Waals surface area contributed by atoms with E-state index in [0.717, 1.165) is 29.6 Å². The molecule has 0 aliphatic heterocycles. The Kier molecular flexibility index (Phi) is 5.70. The van der Waals surface area contributed by atoms with Gasteiger partial charge in [0.1, 0.15) is 0 Å². The molecule has 0 aromatic heterocycles. The Bertz CT molecular complexity index is 436. The first-order valence-corrected chi connectivity index (χ1v) is 6.48. The van der Waals surface area contributed by atoms with E-state index >= 15 is 0 Å². The Hall–Kier alpha value is -1.35. The first-order chi connectivity index (χ1) is 8.13. The molecule has 2 nitrogen and oxygen atoms in total. The lowest BCUT2D eigenvalue weighted by atomic mass is 10.0. The van der Waals surface area contributed by atoms with Gasteiger partial charge in [0.05, 0.1) is 0 Å². The molecule has 0 saturated carbocycles. The summed E-state index contributed by atoms with van der Waals surface area (Å²) in [5, 5.41) is 0.141. The molecule has 0 unspecified atom stereocenters. The number of benzene rings is 1. The standard InChI is InChI=1S/C14H16O2S/c1-11-6-7-14(10-15)13(9-11)5-3-4-8-17-12(2)16/h3,5-7,9-10H,4,8H2,1-2H3. The van der Waals surface area contributed by atoms with Crippen LogP contribution in [0.2, 0.25) is 0 Å². The van der Waals surface area contributed by atoms with Crippen molar-refractivity contribution >= 4 is 29.2 Å². The second-order valence-electron chi connectivity index (χ2n) is 3.78. The van der Waals surface area contributed by atoms with Crippen LogP contribution in [0.4, 0.5) is 0 Å². The zero-order valence-electron chi connectivity index (χ0n) is 10.1. The van der Waals surface area contributed by atoms with Crippen LogP contribution in [0.25, 0.3) is 6.08 Å². The Morgan fingerprint density at radius 1 is 1.35 bits per heavy atom. The zero-order valence-corrected chi connectivity index (χ0v) is 10.9. The fourth-order valence-corrected chi connectivity index (χ4v) is 1.97. The van der Waals surface area contributed by atoms with Gasteiger partial charge in [-0.1, -0.05) is 47.7 Å². The van der Waals surface area contributed by atoms with Gasteiger partial charge in [-0.15, -0.1) is 0 Å². The maximum atomic E-state index is 10.8. The van der Waals surface area contributed by atoms with Crippen molar-refractivity contribution < 1.29 is 9.59 Å². The highest BCUT2D eigenvalue weighted by molar-refractivity contribution is 8.13. The van der Waals surface area contributed by atoms with Crippen molar-refractivity contribution in [3.8, 4) is 0 Å². The van der Waals surface area contributed by atoms with E-state index in [2.05, 4.69) is 0 Å². The normalized spacial score (nSPS) is 10.7. The molecule has 0 heterocycles. The molecule has 0 saturated heterocycles. The number of allylic oxidation sites excluding steroid dienone is 1. The summed E-state index contributed by atoms with van der Waals surface area (Å²) in [6.45, 7) is 3.57. The van der Waals surface area contributed by atoms with Gasteiger partial charge in [-0.05, 0) is 18.9 Å². The van der Waals surface area contributed by atoms with Gasteiger partial charge in [0.15, 0.2) is 11.4 Å². The van der Waals surface area contributed by atoms with Crippen LogP contribution >= 0.6 is 11.8 Å². The highest BCUT2D eigenvalue weighted by Gasteiger charge is 1.98. The summed E-state index contributed by atoms with van der Waals surface area (Å²) in [6, 6.07) is 5.73. The molecule has 0 bridgehead atoms. The van der Waals surface area contributed by atoms with Crippen molar-refractivity contribution in [2.45, 2.75) is 20.3 Å². The largest absolute Gasteiger partial charge is 0.298 e. The Balaban J connectivity index is 2.60. The molecule has 0 aliphatic rings. The molecule has 0 radical (unpaired) electrons. The monoisotopic (exact) mass is 248 g/mol. The third-order valence-corrected chi connectivity index (χ3v) is 3.10. The summed E-state index contributed by atoms with van der Waals surface area (Å²) in [6.07, 6.45) is 5.63. The van der Waals surface area contributed by atoms with E-state index in [1.165, 1.54) is 11.8 Å². The first-order valence-electron chi connectivity index (χ1n) is 5.49. The predicted molar refractivity (Wildman–Crippen MR) is 73.4 cm³/mol. The van der Waals surface area contributed by atoms with Gasteiger partial charge < -0.3 is 0 Å². The summed E-state index contributed by atoms with van der Waals surface area (Å²) in [5.74, 6) is 0.786. The number of hydrogen-bond donors (Lipinski definition) is 0. The van der Waals surface area contributed by atoms with Crippen LogP contribution < -0.4 is 0 Å². The van der Waals surface area contributed by atoms with Gasteiger partial charge >= 0.3 is 0 Å². The number of aryl methyl sites for hydroxylation is 1. The van der Waals surface area contributed by atoms with Crippen LogP contribution in [0, 0.1) is 6.92 Å². The van der Waals surface area contributed by atoms with Crippen molar-refractivity contribution in [1.82, 2.24) is 0 Å². The SMILES string of the molecule is CC(=O)SCCC=Cc1cc(C)ccc1C=O. The first kappa shape index (κ1) is 13.7. The topological polar surface area (TPSA) is 34.1 Å². The van der Waals surface area contributed by atoms with Crippen LogP contribution in [-0.2, 0) is 4.79 Å². The summed E-state index contributed by atoms with van der Waals surface area (Å²) < 4.78 is 0. The maximum absolute atomic E-state index is 10.8. The van der Waals surface area contributed by atoms with Crippen LogP contribution in [-0.4, -0.2) is 17.2 Å². The number of carbonyl (C=O) groups excluding carboxylic acids is 2. The van der Waals surface area contributed by atoms with Crippen molar-refractivity contribution in [2.75, 3.05) is 5.75 Å². The Morgan fingerprint density at radius 2 is 2.12 bits per heavy atom. The fraction of sp³-hybridized carbons (Fsp3) is 0.286. The minimum atomic E-state index is 0.141. The number of hydrogen-bond acceptors (Lipinski definition) is 3. The van der Waals surface area contributed by atoms with Crippen molar-refractivity contribution in [1.29, 1.82) is 0 Å². The average molecular weight is 248 g/mol. The third kappa shape index (κ3) is 5.00. The van der Waals surface area contributed by atoms with E-state index in [4.69, 9.17) is 0 Å². The molecule has 3 heteroatoms. The lowest BCUT2D eigenvalue weighted by molar-refractivity contribution is -0.109. The molecule has 1 aromatic carbocycles. The maximum Gasteiger partial charge on any atom is 0.185 e. The molecule has 0 fully saturated rings. The van der Waals surface area contributed by atoms with Crippen LogP contribution in [0.5, 0.6) is 0 Å². The number of thioether (sulfide) groups is 1. The van der Waals surface area contributed by atoms with E-state index in [1.54, 1.807) is 6.92 Å². The smallest absolute Gasteiger partial charge is 0.185 e. The predicted octanol–water partition coefficient (Wildman–Crippen LogP) is 3.49. The van der Waals surface area contributed by atoms with Gasteiger partial charge in [-0.2, -0.15) is 0 Å². The van der Waals surface area contributed by atoms with E-state index in [0.29, 0.717) is 5.56 Å². The average Bonchev–Trinajstić information content (AvgIpc) is 2.28. The molecular formula is C14H16O2S. The fourth-order valence-electron chi connectivity index (χ4n) is 1.43. The summed E-state index contributed by atoms with van der Waals surface area (Å²) in [4.78, 5) is 21.5. The minimum absolute atomic E-state index is 0.141. The number of carbonyl (C=O) groups is 2. The Morgan fingerprint density at radius 3 is 2.76 bits per heavy atom. The molecule has 17 heavy (non-hydrogen) atoms. The minimum Gasteiger partial charge on any atom is -0.298 e. The molecule has 1 rings (SSSR count). The molecule has 90 valence electrons. The highest BCUT2D eigenvalue weighted by Crippen LogP contribution is 2.13. The molecule has 0 spiro atoms. The lowest BCUT2D eigenvalue weighted by Crippen LogP contribution is -1.87. The van der Waals surface area contributed by atoms with Gasteiger partial charge in [0.2, 0.25) is 0 Å². The van der Waals surface area contributed by atoms with Crippen LogP contribution in [0.3, 0.4) is 0 Å². The quantitative estimate of drug-likeness (QED) is 0.591. The molecular weight excluding hydrogens is 232 g/mol. The van der Waals surface area contributed by atoms with E-state index in [9.17, 15) is 9.59 Å². The van der Waals surface area contributed by atoms with E-state index in [1.807, 2.05) is 37.3 Å². The molecule has 0 N–H and O–H groups in total. The second kappa shape index (κ2) is 7.07. The third-order valence-electron chi connectivity index (χ3n) is 2.26. The summed E-state index contributed by atoms with van der Waals surface area (Å²) >= 11 is 1.32. The van der Waals surface area contributed by atoms with Gasteiger partial charge in [0.25, 0.3) is 0 Å². The van der Waals surface area contributed by atoms with Crippen molar-refractivity contribution in [3.63, 3.8) is 0 Å². The second-order valence-corrected chi connectivity index (χ2v) is 5.05. The zero-order chi connectivity index (χ0) is 12.7. The van der Waals surface area contributed by atoms with E-state index < -0.39 is 0 Å². The molecule has 0 atom stereocenters. The van der Waals surface area contributed by atoms with Gasteiger partial charge in [0, 0.05) is 18.2 Å². The number of rotatable bonds is 5. The summed E-state index contributed by atoms with van der Waals surface area (Å²) in [5.41, 5.74) is 2.77. The van der Waals surface area contributed by atoms with Crippen LogP contribution in [0.15, 0.2) is 24.3 Å². The van der Waals surface area contributed by atoms with Gasteiger partial charge in [-0.3, -0.25) is 9.59 Å².